The molecule has 2 aromatic rings. The fourth-order valence-electron chi connectivity index (χ4n) is 2.07. The highest BCUT2D eigenvalue weighted by molar-refractivity contribution is 9.10. The van der Waals surface area contributed by atoms with Crippen molar-refractivity contribution in [1.29, 1.82) is 0 Å². The quantitative estimate of drug-likeness (QED) is 0.887. The van der Waals surface area contributed by atoms with Crippen molar-refractivity contribution in [2.75, 3.05) is 7.05 Å². The lowest BCUT2D eigenvalue weighted by atomic mass is 10.1. The molecule has 0 amide bonds. The Balaban J connectivity index is 2.08. The second-order valence-electron chi connectivity index (χ2n) is 4.88. The van der Waals surface area contributed by atoms with E-state index < -0.39 is 11.8 Å². The third-order valence-corrected chi connectivity index (χ3v) is 3.91. The van der Waals surface area contributed by atoms with Crippen LogP contribution >= 0.6 is 15.9 Å². The Kier molecular flexibility index (Phi) is 5.09. The fourth-order valence-corrected chi connectivity index (χ4v) is 2.48. The molecule has 0 bridgehead atoms. The molecule has 2 aromatic carbocycles. The summed E-state index contributed by atoms with van der Waals surface area (Å²) in [5, 5.41) is 8.83. The van der Waals surface area contributed by atoms with Gasteiger partial charge in [0.2, 0.25) is 0 Å². The molecule has 0 saturated heterocycles. The van der Waals surface area contributed by atoms with Crippen molar-refractivity contribution in [2.45, 2.75) is 13.1 Å². The summed E-state index contributed by atoms with van der Waals surface area (Å²) in [5.41, 5.74) is 1.56. The minimum absolute atomic E-state index is 0.0373. The van der Waals surface area contributed by atoms with Crippen LogP contribution in [0.4, 0.5) is 4.39 Å². The van der Waals surface area contributed by atoms with Gasteiger partial charge in [-0.1, -0.05) is 40.2 Å². The van der Waals surface area contributed by atoms with Crippen LogP contribution in [0.1, 0.15) is 21.5 Å². The van der Waals surface area contributed by atoms with E-state index in [1.54, 1.807) is 0 Å². The van der Waals surface area contributed by atoms with Gasteiger partial charge in [-0.05, 0) is 30.8 Å². The number of carboxylic acids is 1. The molecule has 0 spiro atoms. The van der Waals surface area contributed by atoms with Crippen LogP contribution in [0.3, 0.4) is 0 Å². The highest BCUT2D eigenvalue weighted by Crippen LogP contribution is 2.19. The van der Waals surface area contributed by atoms with Crippen molar-refractivity contribution in [2.24, 2.45) is 0 Å². The van der Waals surface area contributed by atoms with Crippen molar-refractivity contribution < 1.29 is 14.3 Å². The van der Waals surface area contributed by atoms with Gasteiger partial charge in [0.1, 0.15) is 5.82 Å². The molecular weight excluding hydrogens is 337 g/mol. The van der Waals surface area contributed by atoms with E-state index in [0.29, 0.717) is 18.7 Å². The van der Waals surface area contributed by atoms with Crippen molar-refractivity contribution in [3.63, 3.8) is 0 Å². The molecule has 0 aliphatic carbocycles. The average molecular weight is 352 g/mol. The first kappa shape index (κ1) is 15.7. The molecule has 21 heavy (non-hydrogen) atoms. The molecule has 0 saturated carbocycles. The second kappa shape index (κ2) is 6.83. The standard InChI is InChI=1S/C16H15BrFNO2/c1-19(9-12-4-2-3-5-14(12)17)10-13-7-6-11(16(20)21)8-15(13)18/h2-8H,9-10H2,1H3,(H,20,21). The number of hydrogen-bond acceptors (Lipinski definition) is 2. The van der Waals surface area contributed by atoms with Gasteiger partial charge >= 0.3 is 5.97 Å². The van der Waals surface area contributed by atoms with E-state index in [1.807, 2.05) is 36.2 Å². The molecular formula is C16H15BrFNO2. The van der Waals surface area contributed by atoms with Gasteiger partial charge in [-0.3, -0.25) is 4.90 Å². The van der Waals surface area contributed by atoms with Crippen molar-refractivity contribution in [3.8, 4) is 0 Å². The SMILES string of the molecule is CN(Cc1ccc(C(=O)O)cc1F)Cc1ccccc1Br. The summed E-state index contributed by atoms with van der Waals surface area (Å²) in [6, 6.07) is 11.9. The molecule has 0 aliphatic heterocycles. The number of carbonyl (C=O) groups is 1. The Bertz CT molecular complexity index is 660. The summed E-state index contributed by atoms with van der Waals surface area (Å²) >= 11 is 3.48. The number of hydrogen-bond donors (Lipinski definition) is 1. The zero-order chi connectivity index (χ0) is 15.4. The molecule has 0 aromatic heterocycles. The average Bonchev–Trinajstić information content (AvgIpc) is 2.43. The van der Waals surface area contributed by atoms with E-state index in [2.05, 4.69) is 15.9 Å². The predicted octanol–water partition coefficient (Wildman–Crippen LogP) is 3.92. The lowest BCUT2D eigenvalue weighted by Gasteiger charge is -2.18. The summed E-state index contributed by atoms with van der Waals surface area (Å²) in [5.74, 6) is -1.61. The third-order valence-electron chi connectivity index (χ3n) is 3.14. The summed E-state index contributed by atoms with van der Waals surface area (Å²) in [6.45, 7) is 1.08. The van der Waals surface area contributed by atoms with Gasteiger partial charge < -0.3 is 5.11 Å². The maximum absolute atomic E-state index is 13.9. The van der Waals surface area contributed by atoms with E-state index in [1.165, 1.54) is 12.1 Å². The molecule has 110 valence electrons. The molecule has 0 heterocycles. The van der Waals surface area contributed by atoms with E-state index >= 15 is 0 Å². The number of aromatic carboxylic acids is 1. The van der Waals surface area contributed by atoms with Gasteiger partial charge in [0.25, 0.3) is 0 Å². The zero-order valence-electron chi connectivity index (χ0n) is 11.5. The molecule has 2 rings (SSSR count). The van der Waals surface area contributed by atoms with E-state index in [-0.39, 0.29) is 5.56 Å². The summed E-state index contributed by atoms with van der Waals surface area (Å²) in [7, 11) is 1.89. The van der Waals surface area contributed by atoms with Gasteiger partial charge in [-0.25, -0.2) is 9.18 Å². The Labute approximate surface area is 131 Å². The Morgan fingerprint density at radius 3 is 2.48 bits per heavy atom. The molecule has 0 fully saturated rings. The van der Waals surface area contributed by atoms with Crippen molar-refractivity contribution in [1.82, 2.24) is 4.90 Å². The van der Waals surface area contributed by atoms with Crippen LogP contribution in [0.25, 0.3) is 0 Å². The third kappa shape index (κ3) is 4.12. The van der Waals surface area contributed by atoms with Gasteiger partial charge in [0.05, 0.1) is 5.56 Å². The van der Waals surface area contributed by atoms with Gasteiger partial charge in [0.15, 0.2) is 0 Å². The first-order chi connectivity index (χ1) is 9.97. The smallest absolute Gasteiger partial charge is 0.335 e. The Morgan fingerprint density at radius 2 is 1.86 bits per heavy atom. The Morgan fingerprint density at radius 1 is 1.19 bits per heavy atom. The molecule has 0 atom stereocenters. The monoisotopic (exact) mass is 351 g/mol. The lowest BCUT2D eigenvalue weighted by molar-refractivity contribution is 0.0696. The number of carboxylic acid groups (broad SMARTS) is 1. The molecule has 0 radical (unpaired) electrons. The minimum atomic E-state index is -1.12. The highest BCUT2D eigenvalue weighted by atomic mass is 79.9. The normalized spacial score (nSPS) is 10.9. The highest BCUT2D eigenvalue weighted by Gasteiger charge is 2.11. The van der Waals surface area contributed by atoms with E-state index in [4.69, 9.17) is 5.11 Å². The molecule has 1 N–H and O–H groups in total. The lowest BCUT2D eigenvalue weighted by Crippen LogP contribution is -2.18. The molecule has 0 unspecified atom stereocenters. The van der Waals surface area contributed by atoms with Crippen LogP contribution in [0.5, 0.6) is 0 Å². The van der Waals surface area contributed by atoms with Crippen LogP contribution in [0.2, 0.25) is 0 Å². The van der Waals surface area contributed by atoms with Crippen LogP contribution in [0, 0.1) is 5.82 Å². The van der Waals surface area contributed by atoms with Crippen LogP contribution in [-0.2, 0) is 13.1 Å². The maximum Gasteiger partial charge on any atom is 0.335 e. The van der Waals surface area contributed by atoms with Gasteiger partial charge in [-0.2, -0.15) is 0 Å². The first-order valence-corrected chi connectivity index (χ1v) is 7.20. The number of nitrogens with zero attached hydrogens (tertiary/aromatic N) is 1. The van der Waals surface area contributed by atoms with Crippen LogP contribution in [-0.4, -0.2) is 23.0 Å². The summed E-state index contributed by atoms with van der Waals surface area (Å²) in [6.07, 6.45) is 0. The van der Waals surface area contributed by atoms with E-state index in [9.17, 15) is 9.18 Å². The first-order valence-electron chi connectivity index (χ1n) is 6.41. The minimum Gasteiger partial charge on any atom is -0.478 e. The summed E-state index contributed by atoms with van der Waals surface area (Å²) in [4.78, 5) is 12.8. The maximum atomic E-state index is 13.9. The van der Waals surface area contributed by atoms with E-state index in [0.717, 1.165) is 16.1 Å². The summed E-state index contributed by atoms with van der Waals surface area (Å²) < 4.78 is 14.9. The fraction of sp³-hybridized carbons (Fsp3) is 0.188. The van der Waals surface area contributed by atoms with Crippen LogP contribution < -0.4 is 0 Å². The van der Waals surface area contributed by atoms with Crippen LogP contribution in [0.15, 0.2) is 46.9 Å². The molecule has 3 nitrogen and oxygen atoms in total. The van der Waals surface area contributed by atoms with Gasteiger partial charge in [0, 0.05) is 23.1 Å². The van der Waals surface area contributed by atoms with Gasteiger partial charge in [-0.15, -0.1) is 0 Å². The number of halogens is 2. The molecule has 0 aliphatic rings. The number of benzene rings is 2. The topological polar surface area (TPSA) is 40.5 Å². The van der Waals surface area contributed by atoms with Crippen molar-refractivity contribution in [3.05, 3.63) is 69.4 Å². The molecule has 5 heteroatoms. The Hall–Kier alpha value is -1.72. The number of rotatable bonds is 5. The zero-order valence-corrected chi connectivity index (χ0v) is 13.1. The predicted molar refractivity (Wildman–Crippen MR) is 82.7 cm³/mol. The largest absolute Gasteiger partial charge is 0.478 e. The second-order valence-corrected chi connectivity index (χ2v) is 5.73. The van der Waals surface area contributed by atoms with Crippen molar-refractivity contribution >= 4 is 21.9 Å².